The van der Waals surface area contributed by atoms with Gasteiger partial charge in [0.1, 0.15) is 0 Å². The number of thioether (sulfide) groups is 1. The summed E-state index contributed by atoms with van der Waals surface area (Å²) in [4.78, 5) is 17.7. The van der Waals surface area contributed by atoms with Crippen molar-refractivity contribution in [1.82, 2.24) is 20.4 Å². The van der Waals surface area contributed by atoms with Crippen molar-refractivity contribution in [2.75, 3.05) is 25.1 Å². The maximum atomic E-state index is 13.5. The van der Waals surface area contributed by atoms with E-state index >= 15 is 0 Å². The minimum absolute atomic E-state index is 0.128. The number of nitrogens with zero attached hydrogens (tertiary/aromatic N) is 3. The van der Waals surface area contributed by atoms with Gasteiger partial charge in [-0.05, 0) is 60.0 Å². The Balaban J connectivity index is 1.44. The van der Waals surface area contributed by atoms with Crippen LogP contribution in [-0.2, 0) is 17.9 Å². The number of hydrogen-bond acceptors (Lipinski definition) is 5. The predicted octanol–water partition coefficient (Wildman–Crippen LogP) is 4.13. The average molecular weight is 528 g/mol. The Hall–Kier alpha value is -2.31. The van der Waals surface area contributed by atoms with Crippen molar-refractivity contribution in [3.05, 3.63) is 70.2 Å². The molecule has 9 heteroatoms. The first kappa shape index (κ1) is 25.8. The van der Waals surface area contributed by atoms with E-state index in [2.05, 4.69) is 27.9 Å². The summed E-state index contributed by atoms with van der Waals surface area (Å²) >= 11 is 13.4. The van der Waals surface area contributed by atoms with Crippen molar-refractivity contribution in [3.63, 3.8) is 0 Å². The molecule has 2 N–H and O–H groups in total. The number of hydrogen-bond donors (Lipinski definition) is 2. The summed E-state index contributed by atoms with van der Waals surface area (Å²) in [7, 11) is 0. The van der Waals surface area contributed by atoms with E-state index in [1.165, 1.54) is 0 Å². The zero-order valence-corrected chi connectivity index (χ0v) is 22.2. The van der Waals surface area contributed by atoms with Gasteiger partial charge < -0.3 is 15.1 Å². The summed E-state index contributed by atoms with van der Waals surface area (Å²) in [5.74, 6) is 1.05. The van der Waals surface area contributed by atoms with E-state index in [-0.39, 0.29) is 11.9 Å². The highest BCUT2D eigenvalue weighted by Gasteiger charge is 2.51. The smallest absolute Gasteiger partial charge is 0.241 e. The summed E-state index contributed by atoms with van der Waals surface area (Å²) in [5.41, 5.74) is 2.20. The van der Waals surface area contributed by atoms with Gasteiger partial charge in [-0.25, -0.2) is 0 Å². The van der Waals surface area contributed by atoms with Crippen LogP contribution in [0.1, 0.15) is 36.0 Å². The zero-order valence-electron chi connectivity index (χ0n) is 19.8. The summed E-state index contributed by atoms with van der Waals surface area (Å²) < 4.78 is 0. The van der Waals surface area contributed by atoms with Gasteiger partial charge in [0.15, 0.2) is 5.11 Å². The third-order valence-corrected chi connectivity index (χ3v) is 8.13. The van der Waals surface area contributed by atoms with Crippen molar-refractivity contribution in [2.24, 2.45) is 0 Å². The molecule has 1 amide bonds. The third kappa shape index (κ3) is 5.92. The van der Waals surface area contributed by atoms with Crippen molar-refractivity contribution in [1.29, 1.82) is 5.26 Å². The van der Waals surface area contributed by atoms with Crippen LogP contribution in [0.2, 0.25) is 5.02 Å². The summed E-state index contributed by atoms with van der Waals surface area (Å²) in [6, 6.07) is 17.4. The summed E-state index contributed by atoms with van der Waals surface area (Å²) in [6.45, 7) is 2.57. The van der Waals surface area contributed by atoms with Gasteiger partial charge in [0.05, 0.1) is 23.3 Å². The molecule has 2 aliphatic heterocycles. The number of nitrogens with one attached hydrogen (secondary N) is 2. The van der Waals surface area contributed by atoms with E-state index in [9.17, 15) is 10.1 Å². The van der Waals surface area contributed by atoms with Crippen LogP contribution in [0.5, 0.6) is 0 Å². The summed E-state index contributed by atoms with van der Waals surface area (Å²) in [6.07, 6.45) is 4.40. The van der Waals surface area contributed by atoms with E-state index in [1.807, 2.05) is 53.4 Å². The van der Waals surface area contributed by atoms with E-state index in [0.717, 1.165) is 54.3 Å². The third-order valence-electron chi connectivity index (χ3n) is 6.84. The fourth-order valence-corrected chi connectivity index (χ4v) is 5.70. The van der Waals surface area contributed by atoms with Crippen LogP contribution in [0.15, 0.2) is 48.5 Å². The van der Waals surface area contributed by atoms with Crippen LogP contribution in [0.3, 0.4) is 0 Å². The fourth-order valence-electron chi connectivity index (χ4n) is 4.85. The van der Waals surface area contributed by atoms with E-state index in [0.29, 0.717) is 23.7 Å². The Kier molecular flexibility index (Phi) is 8.55. The number of likely N-dealkylation sites (tertiary alicyclic amines) is 1. The van der Waals surface area contributed by atoms with Gasteiger partial charge in [0.25, 0.3) is 0 Å². The lowest BCUT2D eigenvalue weighted by Crippen LogP contribution is -2.60. The van der Waals surface area contributed by atoms with Crippen LogP contribution in [0.25, 0.3) is 0 Å². The zero-order chi connectivity index (χ0) is 24.8. The minimum atomic E-state index is -0.426. The molecule has 0 aromatic heterocycles. The standard InChI is InChI=1S/C26H30ClN5OS2/c1-35-15-10-23-24(33)32(18-21-5-3-2-4-20(21)16-28)26(30-23)11-13-31(14-12-26)25(34)29-17-19-6-8-22(27)9-7-19/h2-9,23,30H,10-15,17-18H2,1H3,(H,29,34). The lowest BCUT2D eigenvalue weighted by atomic mass is 9.95. The van der Waals surface area contributed by atoms with Gasteiger partial charge in [-0.1, -0.05) is 41.9 Å². The Morgan fingerprint density at radius 3 is 2.66 bits per heavy atom. The topological polar surface area (TPSA) is 71.4 Å². The number of amides is 1. The molecule has 2 fully saturated rings. The number of rotatable bonds is 7. The number of nitriles is 1. The van der Waals surface area contributed by atoms with Crippen molar-refractivity contribution >= 4 is 46.6 Å². The predicted molar refractivity (Wildman–Crippen MR) is 146 cm³/mol. The number of halogens is 1. The molecule has 2 saturated heterocycles. The molecule has 0 aliphatic carbocycles. The van der Waals surface area contributed by atoms with Crippen molar-refractivity contribution < 1.29 is 4.79 Å². The molecule has 35 heavy (non-hydrogen) atoms. The maximum absolute atomic E-state index is 13.5. The van der Waals surface area contributed by atoms with Crippen LogP contribution < -0.4 is 10.6 Å². The monoisotopic (exact) mass is 527 g/mol. The van der Waals surface area contributed by atoms with Crippen LogP contribution in [0, 0.1) is 11.3 Å². The molecule has 1 spiro atoms. The van der Waals surface area contributed by atoms with Crippen LogP contribution >= 0.6 is 35.6 Å². The molecule has 2 aromatic rings. The lowest BCUT2D eigenvalue weighted by molar-refractivity contribution is -0.134. The Morgan fingerprint density at radius 2 is 1.97 bits per heavy atom. The fraction of sp³-hybridized carbons (Fsp3) is 0.423. The van der Waals surface area contributed by atoms with Gasteiger partial charge in [-0.3, -0.25) is 10.1 Å². The Morgan fingerprint density at radius 1 is 1.26 bits per heavy atom. The highest BCUT2D eigenvalue weighted by atomic mass is 35.5. The molecule has 2 aliphatic rings. The van der Waals surface area contributed by atoms with Gasteiger partial charge in [-0.15, -0.1) is 0 Å². The number of carbonyl (C=O) groups is 1. The molecule has 184 valence electrons. The number of thiocarbonyl (C=S) groups is 1. The molecule has 0 radical (unpaired) electrons. The second-order valence-electron chi connectivity index (χ2n) is 8.98. The molecule has 6 nitrogen and oxygen atoms in total. The lowest BCUT2D eigenvalue weighted by Gasteiger charge is -2.45. The quantitative estimate of drug-likeness (QED) is 0.524. The highest BCUT2D eigenvalue weighted by Crippen LogP contribution is 2.35. The molecule has 4 rings (SSSR count). The first-order valence-electron chi connectivity index (χ1n) is 11.8. The SMILES string of the molecule is CSCCC1NC2(CCN(C(=S)NCc3ccc(Cl)cc3)CC2)N(Cc2ccccc2C#N)C1=O. The van der Waals surface area contributed by atoms with Crippen molar-refractivity contribution in [2.45, 2.75) is 44.1 Å². The molecule has 2 aromatic carbocycles. The average Bonchev–Trinajstić information content (AvgIpc) is 3.13. The molecule has 2 heterocycles. The largest absolute Gasteiger partial charge is 0.358 e. The first-order valence-corrected chi connectivity index (χ1v) is 14.0. The molecule has 1 unspecified atom stereocenters. The molecule has 1 atom stereocenters. The minimum Gasteiger partial charge on any atom is -0.358 e. The molecule has 0 bridgehead atoms. The van der Waals surface area contributed by atoms with Crippen LogP contribution in [-0.4, -0.2) is 57.6 Å². The Labute approximate surface area is 222 Å². The number of carbonyl (C=O) groups excluding carboxylic acids is 1. The molecular formula is C26H30ClN5OS2. The second-order valence-corrected chi connectivity index (χ2v) is 10.8. The van der Waals surface area contributed by atoms with Gasteiger partial charge in [-0.2, -0.15) is 17.0 Å². The Bertz CT molecular complexity index is 1100. The maximum Gasteiger partial charge on any atom is 0.241 e. The van der Waals surface area contributed by atoms with Gasteiger partial charge in [0, 0.05) is 44.0 Å². The van der Waals surface area contributed by atoms with Crippen molar-refractivity contribution in [3.8, 4) is 6.07 Å². The van der Waals surface area contributed by atoms with Crippen LogP contribution in [0.4, 0.5) is 0 Å². The first-order chi connectivity index (χ1) is 17.0. The van der Waals surface area contributed by atoms with E-state index < -0.39 is 5.66 Å². The molecule has 0 saturated carbocycles. The number of benzene rings is 2. The van der Waals surface area contributed by atoms with E-state index in [1.54, 1.807) is 11.8 Å². The molecular weight excluding hydrogens is 498 g/mol. The second kappa shape index (κ2) is 11.6. The summed E-state index contributed by atoms with van der Waals surface area (Å²) in [5, 5.41) is 18.1. The van der Waals surface area contributed by atoms with Gasteiger partial charge >= 0.3 is 0 Å². The van der Waals surface area contributed by atoms with Gasteiger partial charge in [0.2, 0.25) is 5.91 Å². The normalized spacial score (nSPS) is 19.1. The number of piperidine rings is 1. The van der Waals surface area contributed by atoms with E-state index in [4.69, 9.17) is 23.8 Å². The highest BCUT2D eigenvalue weighted by molar-refractivity contribution is 7.98.